The Balaban J connectivity index is 1.35. The maximum absolute atomic E-state index is 5.89. The zero-order valence-corrected chi connectivity index (χ0v) is 15.2. The molecule has 1 aliphatic rings. The second-order valence-corrected chi connectivity index (χ2v) is 7.97. The fraction of sp³-hybridized carbons (Fsp3) is 0.412. The molecule has 5 nitrogen and oxygen atoms in total. The zero-order chi connectivity index (χ0) is 16.4. The van der Waals surface area contributed by atoms with Crippen LogP contribution in [-0.2, 0) is 6.54 Å². The molecule has 1 fully saturated rings. The Morgan fingerprint density at radius 1 is 1.08 bits per heavy atom. The van der Waals surface area contributed by atoms with E-state index in [1.54, 1.807) is 11.3 Å². The van der Waals surface area contributed by atoms with Gasteiger partial charge in [0.25, 0.3) is 5.89 Å². The Kier molecular flexibility index (Phi) is 4.75. The van der Waals surface area contributed by atoms with Gasteiger partial charge in [-0.05, 0) is 29.8 Å². The van der Waals surface area contributed by atoms with Gasteiger partial charge in [0.05, 0.1) is 10.9 Å². The second-order valence-electron chi connectivity index (χ2n) is 5.99. The first-order valence-corrected chi connectivity index (χ1v) is 9.91. The van der Waals surface area contributed by atoms with Gasteiger partial charge in [-0.1, -0.05) is 12.1 Å². The second kappa shape index (κ2) is 7.14. The van der Waals surface area contributed by atoms with E-state index in [4.69, 9.17) is 4.42 Å². The molecule has 1 aliphatic heterocycles. The van der Waals surface area contributed by atoms with Crippen LogP contribution in [0.15, 0.2) is 39.4 Å². The van der Waals surface area contributed by atoms with Crippen molar-refractivity contribution >= 4 is 22.7 Å². The summed E-state index contributed by atoms with van der Waals surface area (Å²) in [6, 6.07) is 8.51. The Hall–Kier alpha value is -1.54. The Labute approximate surface area is 149 Å². The average Bonchev–Trinajstić information content (AvgIpc) is 3.36. The highest BCUT2D eigenvalue weighted by Crippen LogP contribution is 2.27. The molecule has 7 heteroatoms. The average molecular weight is 361 g/mol. The minimum Gasteiger partial charge on any atom is -0.418 e. The maximum atomic E-state index is 5.89. The summed E-state index contributed by atoms with van der Waals surface area (Å²) in [4.78, 5) is 7.41. The molecule has 1 saturated heterocycles. The van der Waals surface area contributed by atoms with E-state index in [1.807, 2.05) is 28.8 Å². The molecular formula is C17H20N4OS2. The van der Waals surface area contributed by atoms with E-state index in [-0.39, 0.29) is 6.04 Å². The van der Waals surface area contributed by atoms with Crippen molar-refractivity contribution in [3.05, 3.63) is 45.8 Å². The molecule has 3 aromatic heterocycles. The van der Waals surface area contributed by atoms with Gasteiger partial charge < -0.3 is 4.42 Å². The number of rotatable bonds is 5. The first kappa shape index (κ1) is 16.0. The Morgan fingerprint density at radius 2 is 1.88 bits per heavy atom. The van der Waals surface area contributed by atoms with Crippen LogP contribution in [0.2, 0.25) is 0 Å². The molecule has 0 bridgehead atoms. The summed E-state index contributed by atoms with van der Waals surface area (Å²) in [5, 5.41) is 12.6. The number of aromatic nitrogens is 2. The quantitative estimate of drug-likeness (QED) is 0.694. The third-order valence-corrected chi connectivity index (χ3v) is 6.16. The first-order valence-electron chi connectivity index (χ1n) is 8.15. The lowest BCUT2D eigenvalue weighted by atomic mass is 10.2. The smallest absolute Gasteiger partial charge is 0.257 e. The molecule has 0 radical (unpaired) electrons. The lowest BCUT2D eigenvalue weighted by Crippen LogP contribution is -2.46. The van der Waals surface area contributed by atoms with Crippen molar-refractivity contribution in [3.63, 3.8) is 0 Å². The monoisotopic (exact) mass is 360 g/mol. The van der Waals surface area contributed by atoms with Crippen molar-refractivity contribution in [2.75, 3.05) is 26.2 Å². The van der Waals surface area contributed by atoms with Crippen LogP contribution in [0.25, 0.3) is 10.8 Å². The molecule has 24 heavy (non-hydrogen) atoms. The van der Waals surface area contributed by atoms with Crippen molar-refractivity contribution < 1.29 is 4.42 Å². The highest BCUT2D eigenvalue weighted by atomic mass is 32.1. The summed E-state index contributed by atoms with van der Waals surface area (Å²) in [5.74, 6) is 1.34. The standard InChI is InChI=1S/C17H20N4OS2/c1-13(16-18-19-17(22-16)15-5-3-11-24-15)21-8-6-20(7-9-21)12-14-4-2-10-23-14/h2-5,10-11,13H,6-9,12H2,1H3/t13-/m0/s1. The molecule has 0 spiro atoms. The third kappa shape index (κ3) is 3.44. The summed E-state index contributed by atoms with van der Waals surface area (Å²) in [7, 11) is 0. The minimum atomic E-state index is 0.162. The van der Waals surface area contributed by atoms with Crippen LogP contribution >= 0.6 is 22.7 Å². The summed E-state index contributed by atoms with van der Waals surface area (Å²) in [6.07, 6.45) is 0. The highest BCUT2D eigenvalue weighted by molar-refractivity contribution is 7.13. The van der Waals surface area contributed by atoms with Crippen LogP contribution in [0.4, 0.5) is 0 Å². The molecule has 0 amide bonds. The largest absolute Gasteiger partial charge is 0.418 e. The zero-order valence-electron chi connectivity index (χ0n) is 13.6. The Morgan fingerprint density at radius 3 is 2.58 bits per heavy atom. The third-order valence-electron chi connectivity index (χ3n) is 4.44. The summed E-state index contributed by atoms with van der Waals surface area (Å²) >= 11 is 3.46. The first-order chi connectivity index (χ1) is 11.8. The van der Waals surface area contributed by atoms with Crippen molar-refractivity contribution in [1.29, 1.82) is 0 Å². The number of nitrogens with zero attached hydrogens (tertiary/aromatic N) is 4. The van der Waals surface area contributed by atoms with Crippen molar-refractivity contribution in [1.82, 2.24) is 20.0 Å². The van der Waals surface area contributed by atoms with E-state index in [0.717, 1.165) is 37.6 Å². The van der Waals surface area contributed by atoms with Crippen LogP contribution in [0.5, 0.6) is 0 Å². The van der Waals surface area contributed by atoms with Gasteiger partial charge in [-0.15, -0.1) is 32.9 Å². The van der Waals surface area contributed by atoms with E-state index in [9.17, 15) is 0 Å². The normalized spacial score (nSPS) is 18.0. The lowest BCUT2D eigenvalue weighted by molar-refractivity contribution is 0.0882. The van der Waals surface area contributed by atoms with Gasteiger partial charge >= 0.3 is 0 Å². The van der Waals surface area contributed by atoms with Gasteiger partial charge in [0.2, 0.25) is 5.89 Å². The van der Waals surface area contributed by atoms with Crippen molar-refractivity contribution in [2.45, 2.75) is 19.5 Å². The molecule has 4 rings (SSSR count). The van der Waals surface area contributed by atoms with E-state index in [1.165, 1.54) is 4.88 Å². The molecule has 0 N–H and O–H groups in total. The van der Waals surface area contributed by atoms with Gasteiger partial charge in [0.1, 0.15) is 0 Å². The lowest BCUT2D eigenvalue weighted by Gasteiger charge is -2.36. The van der Waals surface area contributed by atoms with E-state index >= 15 is 0 Å². The van der Waals surface area contributed by atoms with Crippen molar-refractivity contribution in [2.24, 2.45) is 0 Å². The number of piperazine rings is 1. The molecule has 0 aromatic carbocycles. The van der Waals surface area contributed by atoms with E-state index in [0.29, 0.717) is 11.8 Å². The van der Waals surface area contributed by atoms with Gasteiger partial charge in [0, 0.05) is 37.6 Å². The van der Waals surface area contributed by atoms with E-state index < -0.39 is 0 Å². The molecule has 4 heterocycles. The predicted octanol–water partition coefficient (Wildman–Crippen LogP) is 3.74. The number of thiophene rings is 2. The fourth-order valence-electron chi connectivity index (χ4n) is 2.99. The molecule has 0 aliphatic carbocycles. The molecular weight excluding hydrogens is 340 g/mol. The summed E-state index contributed by atoms with van der Waals surface area (Å²) < 4.78 is 5.89. The predicted molar refractivity (Wildman–Crippen MR) is 97.2 cm³/mol. The van der Waals surface area contributed by atoms with Crippen LogP contribution < -0.4 is 0 Å². The number of hydrogen-bond acceptors (Lipinski definition) is 7. The van der Waals surface area contributed by atoms with Gasteiger partial charge in [-0.2, -0.15) is 0 Å². The summed E-state index contributed by atoms with van der Waals surface area (Å²) in [6.45, 7) is 7.43. The van der Waals surface area contributed by atoms with Crippen LogP contribution in [0.3, 0.4) is 0 Å². The number of hydrogen-bond donors (Lipinski definition) is 0. The van der Waals surface area contributed by atoms with Gasteiger partial charge in [-0.3, -0.25) is 9.80 Å². The van der Waals surface area contributed by atoms with Gasteiger partial charge in [0.15, 0.2) is 0 Å². The fourth-order valence-corrected chi connectivity index (χ4v) is 4.38. The Bertz CT molecular complexity index is 746. The van der Waals surface area contributed by atoms with Crippen LogP contribution in [-0.4, -0.2) is 46.2 Å². The van der Waals surface area contributed by atoms with Gasteiger partial charge in [-0.25, -0.2) is 0 Å². The molecule has 1 atom stereocenters. The SMILES string of the molecule is C[C@@H](c1nnc(-c2cccs2)o1)N1CCN(Cc2cccs2)CC1. The minimum absolute atomic E-state index is 0.162. The molecule has 3 aromatic rings. The molecule has 0 unspecified atom stereocenters. The topological polar surface area (TPSA) is 45.4 Å². The van der Waals surface area contributed by atoms with Crippen LogP contribution in [0, 0.1) is 0 Å². The maximum Gasteiger partial charge on any atom is 0.257 e. The summed E-state index contributed by atoms with van der Waals surface area (Å²) in [5.41, 5.74) is 0. The van der Waals surface area contributed by atoms with E-state index in [2.05, 4.69) is 44.4 Å². The van der Waals surface area contributed by atoms with Crippen molar-refractivity contribution in [3.8, 4) is 10.8 Å². The highest BCUT2D eigenvalue weighted by Gasteiger charge is 2.26. The van der Waals surface area contributed by atoms with Crippen LogP contribution in [0.1, 0.15) is 23.7 Å². The molecule has 126 valence electrons. The molecule has 0 saturated carbocycles.